The molecule has 2 unspecified atom stereocenters. The van der Waals surface area contributed by atoms with Gasteiger partial charge in [0.25, 0.3) is 6.47 Å². The summed E-state index contributed by atoms with van der Waals surface area (Å²) in [5.41, 5.74) is 2.36. The maximum absolute atomic E-state index is 11.6. The maximum atomic E-state index is 11.6. The SMILES string of the molecule is CCc1ccccc1.C[C@@H]1OC(OCCOCCNCC(=O)OCc2ccccc2)[C@H](O)CC1O.O=CO. The van der Waals surface area contributed by atoms with Gasteiger partial charge in [-0.3, -0.25) is 9.59 Å². The van der Waals surface area contributed by atoms with Crippen molar-refractivity contribution < 1.29 is 43.9 Å². The number of carboxylic acid groups (broad SMARTS) is 1. The normalized spacial score (nSPS) is 20.2. The van der Waals surface area contributed by atoms with Gasteiger partial charge < -0.3 is 39.6 Å². The smallest absolute Gasteiger partial charge is 0.320 e. The molecule has 2 aromatic carbocycles. The third-order valence-corrected chi connectivity index (χ3v) is 5.38. The molecule has 4 atom stereocenters. The molecule has 10 heteroatoms. The summed E-state index contributed by atoms with van der Waals surface area (Å²) in [4.78, 5) is 20.0. The van der Waals surface area contributed by atoms with Crippen LogP contribution in [0.15, 0.2) is 60.7 Å². The average molecular weight is 536 g/mol. The third-order valence-electron chi connectivity index (χ3n) is 5.38. The molecule has 0 amide bonds. The molecule has 1 heterocycles. The lowest BCUT2D eigenvalue weighted by atomic mass is 10.0. The Morgan fingerprint density at radius 3 is 2.18 bits per heavy atom. The van der Waals surface area contributed by atoms with E-state index in [0.717, 1.165) is 12.0 Å². The van der Waals surface area contributed by atoms with Crippen molar-refractivity contribution >= 4 is 12.4 Å². The minimum atomic E-state index is -0.847. The Morgan fingerprint density at radius 1 is 1.00 bits per heavy atom. The van der Waals surface area contributed by atoms with Crippen LogP contribution in [0.2, 0.25) is 0 Å². The van der Waals surface area contributed by atoms with Crippen LogP contribution in [-0.4, -0.2) is 85.3 Å². The Labute approximate surface area is 224 Å². The van der Waals surface area contributed by atoms with E-state index in [9.17, 15) is 15.0 Å². The zero-order valence-corrected chi connectivity index (χ0v) is 22.1. The van der Waals surface area contributed by atoms with Gasteiger partial charge in [-0.1, -0.05) is 67.6 Å². The Balaban J connectivity index is 0.000000545. The van der Waals surface area contributed by atoms with Gasteiger partial charge in [0.05, 0.1) is 38.6 Å². The van der Waals surface area contributed by atoms with E-state index in [1.165, 1.54) is 5.56 Å². The Hall–Kier alpha value is -2.86. The molecule has 10 nitrogen and oxygen atoms in total. The summed E-state index contributed by atoms with van der Waals surface area (Å²) in [6.45, 7) is 5.56. The summed E-state index contributed by atoms with van der Waals surface area (Å²) >= 11 is 0. The lowest BCUT2D eigenvalue weighted by Gasteiger charge is -2.35. The second-order valence-electron chi connectivity index (χ2n) is 8.33. The lowest BCUT2D eigenvalue weighted by Crippen LogP contribution is -2.47. The maximum Gasteiger partial charge on any atom is 0.320 e. The highest BCUT2D eigenvalue weighted by Crippen LogP contribution is 2.20. The topological polar surface area (TPSA) is 144 Å². The Morgan fingerprint density at radius 2 is 1.61 bits per heavy atom. The number of aliphatic hydroxyl groups excluding tert-OH is 2. The summed E-state index contributed by atoms with van der Waals surface area (Å²) in [6, 6.07) is 20.0. The first-order chi connectivity index (χ1) is 18.4. The number of hydrogen-bond donors (Lipinski definition) is 4. The van der Waals surface area contributed by atoms with E-state index in [1.54, 1.807) is 6.92 Å². The number of aliphatic hydroxyl groups is 2. The van der Waals surface area contributed by atoms with Crippen molar-refractivity contribution in [2.45, 2.75) is 57.9 Å². The largest absolute Gasteiger partial charge is 0.483 e. The molecule has 1 fully saturated rings. The molecule has 0 bridgehead atoms. The van der Waals surface area contributed by atoms with E-state index < -0.39 is 18.5 Å². The van der Waals surface area contributed by atoms with E-state index in [4.69, 9.17) is 28.8 Å². The first-order valence-electron chi connectivity index (χ1n) is 12.6. The summed E-state index contributed by atoms with van der Waals surface area (Å²) < 4.78 is 21.4. The fourth-order valence-corrected chi connectivity index (χ4v) is 3.26. The van der Waals surface area contributed by atoms with Crippen LogP contribution in [0.5, 0.6) is 0 Å². The number of aryl methyl sites for hydroxylation is 1. The molecule has 0 aliphatic carbocycles. The van der Waals surface area contributed by atoms with Crippen molar-refractivity contribution in [1.29, 1.82) is 0 Å². The van der Waals surface area contributed by atoms with Crippen molar-refractivity contribution in [3.8, 4) is 0 Å². The van der Waals surface area contributed by atoms with Crippen LogP contribution in [0.3, 0.4) is 0 Å². The second-order valence-corrected chi connectivity index (χ2v) is 8.33. The van der Waals surface area contributed by atoms with Crippen molar-refractivity contribution in [3.63, 3.8) is 0 Å². The van der Waals surface area contributed by atoms with Gasteiger partial charge in [0.2, 0.25) is 0 Å². The van der Waals surface area contributed by atoms with Gasteiger partial charge >= 0.3 is 5.97 Å². The highest BCUT2D eigenvalue weighted by Gasteiger charge is 2.34. The average Bonchev–Trinajstić information content (AvgIpc) is 2.93. The van der Waals surface area contributed by atoms with E-state index in [1.807, 2.05) is 36.4 Å². The van der Waals surface area contributed by atoms with Crippen molar-refractivity contribution in [3.05, 3.63) is 71.8 Å². The number of rotatable bonds is 12. The quantitative estimate of drug-likeness (QED) is 0.181. The number of carbonyl (C=O) groups excluding carboxylic acids is 1. The minimum Gasteiger partial charge on any atom is -0.483 e. The van der Waals surface area contributed by atoms with Gasteiger partial charge in [-0.25, -0.2) is 0 Å². The van der Waals surface area contributed by atoms with Crippen LogP contribution in [0.1, 0.15) is 31.4 Å². The first-order valence-corrected chi connectivity index (χ1v) is 12.6. The summed E-state index contributed by atoms with van der Waals surface area (Å²) in [6.07, 6.45) is -1.27. The standard InChI is InChI=1S/C19H29NO7.C8H10.CH2O2/c1-14-16(21)11-17(22)19(27-14)25-10-9-24-8-7-20-12-18(23)26-13-15-5-3-2-4-6-15;1-2-8-6-4-3-5-7-8;2-1-3/h2-6,14,16-17,19-22H,7-13H2,1H3;3-7H,2H2,1H3;1H,(H,2,3)/t14-,16?,17+,19?;;/m0../s1. The van der Waals surface area contributed by atoms with E-state index in [0.29, 0.717) is 19.8 Å². The molecule has 212 valence electrons. The number of esters is 1. The summed E-state index contributed by atoms with van der Waals surface area (Å²) in [7, 11) is 0. The molecule has 0 saturated carbocycles. The van der Waals surface area contributed by atoms with Crippen LogP contribution < -0.4 is 5.32 Å². The number of nitrogens with one attached hydrogen (secondary N) is 1. The van der Waals surface area contributed by atoms with Crippen molar-refractivity contribution in [2.75, 3.05) is 32.9 Å². The van der Waals surface area contributed by atoms with Crippen LogP contribution in [-0.2, 0) is 41.6 Å². The predicted octanol–water partition coefficient (Wildman–Crippen LogP) is 2.16. The van der Waals surface area contributed by atoms with Crippen LogP contribution in [0.25, 0.3) is 0 Å². The van der Waals surface area contributed by atoms with Gasteiger partial charge in [-0.2, -0.15) is 0 Å². The van der Waals surface area contributed by atoms with Crippen LogP contribution in [0, 0.1) is 0 Å². The zero-order valence-electron chi connectivity index (χ0n) is 22.1. The van der Waals surface area contributed by atoms with Gasteiger partial charge in [0, 0.05) is 13.0 Å². The molecule has 1 aliphatic heterocycles. The molecule has 0 radical (unpaired) electrons. The number of benzene rings is 2. The molecule has 1 aliphatic rings. The molecule has 0 aromatic heterocycles. The van der Waals surface area contributed by atoms with Gasteiger partial charge in [0.15, 0.2) is 6.29 Å². The number of ether oxygens (including phenoxy) is 4. The van der Waals surface area contributed by atoms with Crippen LogP contribution in [0.4, 0.5) is 0 Å². The van der Waals surface area contributed by atoms with Gasteiger partial charge in [0.1, 0.15) is 12.7 Å². The van der Waals surface area contributed by atoms with E-state index >= 15 is 0 Å². The predicted molar refractivity (Wildman–Crippen MR) is 141 cm³/mol. The monoisotopic (exact) mass is 535 g/mol. The second kappa shape index (κ2) is 21.1. The molecule has 3 rings (SSSR count). The Bertz CT molecular complexity index is 854. The molecular formula is C28H41NO9. The lowest BCUT2D eigenvalue weighted by molar-refractivity contribution is -0.263. The first kappa shape index (κ1) is 33.2. The highest BCUT2D eigenvalue weighted by atomic mass is 16.7. The van der Waals surface area contributed by atoms with Crippen LogP contribution >= 0.6 is 0 Å². The number of hydrogen-bond acceptors (Lipinski definition) is 9. The molecular weight excluding hydrogens is 494 g/mol. The molecule has 4 N–H and O–H groups in total. The molecule has 0 spiro atoms. The zero-order chi connectivity index (χ0) is 28.0. The Kier molecular flexibility index (Phi) is 18.4. The summed E-state index contributed by atoms with van der Waals surface area (Å²) in [5, 5.41) is 29.2. The van der Waals surface area contributed by atoms with Gasteiger partial charge in [-0.05, 0) is 24.5 Å². The summed E-state index contributed by atoms with van der Waals surface area (Å²) in [5.74, 6) is -0.318. The van der Waals surface area contributed by atoms with E-state index in [2.05, 4.69) is 36.5 Å². The molecule has 2 aromatic rings. The van der Waals surface area contributed by atoms with Crippen molar-refractivity contribution in [2.24, 2.45) is 0 Å². The third kappa shape index (κ3) is 15.4. The minimum absolute atomic E-state index is 0.120. The van der Waals surface area contributed by atoms with Crippen molar-refractivity contribution in [1.82, 2.24) is 5.32 Å². The highest BCUT2D eigenvalue weighted by molar-refractivity contribution is 5.71. The van der Waals surface area contributed by atoms with Gasteiger partial charge in [-0.15, -0.1) is 0 Å². The molecule has 38 heavy (non-hydrogen) atoms. The fourth-order valence-electron chi connectivity index (χ4n) is 3.26. The molecule has 1 saturated heterocycles. The number of carbonyl (C=O) groups is 2. The fraction of sp³-hybridized carbons (Fsp3) is 0.500. The van der Waals surface area contributed by atoms with E-state index in [-0.39, 0.29) is 44.7 Å².